The summed E-state index contributed by atoms with van der Waals surface area (Å²) in [5.74, 6) is 0. The molecule has 0 saturated carbocycles. The van der Waals surface area contributed by atoms with Gasteiger partial charge in [-0.15, -0.1) is 11.3 Å². The van der Waals surface area contributed by atoms with Gasteiger partial charge in [0, 0.05) is 42.4 Å². The quantitative estimate of drug-likeness (QED) is 0.196. The van der Waals surface area contributed by atoms with E-state index in [1.807, 2.05) is 11.3 Å². The van der Waals surface area contributed by atoms with E-state index in [1.165, 1.54) is 75.7 Å². The third-order valence-electron chi connectivity index (χ3n) is 9.66. The van der Waals surface area contributed by atoms with Gasteiger partial charge in [-0.25, -0.2) is 0 Å². The third kappa shape index (κ3) is 3.92. The minimum atomic E-state index is -0.0856. The van der Waals surface area contributed by atoms with Gasteiger partial charge in [-0.2, -0.15) is 0 Å². The van der Waals surface area contributed by atoms with E-state index in [0.29, 0.717) is 0 Å². The molecule has 0 N–H and O–H groups in total. The predicted octanol–water partition coefficient (Wildman–Crippen LogP) is 12.7. The molecule has 0 bridgehead atoms. The molecule has 0 unspecified atom stereocenters. The number of rotatable bonds is 4. The van der Waals surface area contributed by atoms with Crippen LogP contribution in [0.25, 0.3) is 53.2 Å². The first-order valence-corrected chi connectivity index (χ1v) is 16.4. The van der Waals surface area contributed by atoms with Gasteiger partial charge in [-0.05, 0) is 69.4 Å². The molecule has 0 aliphatic heterocycles. The Morgan fingerprint density at radius 3 is 2.04 bits per heavy atom. The van der Waals surface area contributed by atoms with Gasteiger partial charge >= 0.3 is 0 Å². The lowest BCUT2D eigenvalue weighted by Crippen LogP contribution is -2.16. The Bertz CT molecular complexity index is 2430. The summed E-state index contributed by atoms with van der Waals surface area (Å²) < 4.78 is 2.64. The fourth-order valence-electron chi connectivity index (χ4n) is 7.54. The highest BCUT2D eigenvalue weighted by molar-refractivity contribution is 7.25. The first-order chi connectivity index (χ1) is 22.1. The molecule has 1 nitrogen and oxygen atoms in total. The van der Waals surface area contributed by atoms with Crippen LogP contribution in [0.5, 0.6) is 0 Å². The molecule has 0 atom stereocenters. The number of hydrogen-bond acceptors (Lipinski definition) is 2. The topological polar surface area (TPSA) is 3.24 Å². The second-order valence-corrected chi connectivity index (χ2v) is 13.6. The lowest BCUT2D eigenvalue weighted by Gasteiger charge is -2.31. The molecule has 2 heteroatoms. The van der Waals surface area contributed by atoms with Crippen molar-refractivity contribution < 1.29 is 0 Å². The zero-order valence-electron chi connectivity index (χ0n) is 25.3. The molecule has 8 aromatic rings. The lowest BCUT2D eigenvalue weighted by atomic mass is 9.82. The standard InChI is InChI=1S/C43H31NS/c1-43(2)35-19-8-5-16-33(35)42-36(43)20-12-22-38(42)44(30-26-25-28-13-3-4-14-29(28)27-30)37-21-9-6-15-31(37)32-18-11-24-40-41(32)34-17-7-10-23-39(34)45-40/h3-27H,1-2H3. The van der Waals surface area contributed by atoms with Crippen LogP contribution in [-0.2, 0) is 5.41 Å². The summed E-state index contributed by atoms with van der Waals surface area (Å²) in [6.07, 6.45) is 0. The van der Waals surface area contributed by atoms with Gasteiger partial charge < -0.3 is 4.90 Å². The molecule has 0 amide bonds. The zero-order chi connectivity index (χ0) is 30.1. The molecule has 7 aromatic carbocycles. The van der Waals surface area contributed by atoms with Crippen molar-refractivity contribution in [2.45, 2.75) is 19.3 Å². The van der Waals surface area contributed by atoms with Crippen LogP contribution in [0.4, 0.5) is 17.1 Å². The Balaban J connectivity index is 1.37. The van der Waals surface area contributed by atoms with Crippen molar-refractivity contribution >= 4 is 59.3 Å². The van der Waals surface area contributed by atoms with Crippen molar-refractivity contribution in [3.63, 3.8) is 0 Å². The zero-order valence-corrected chi connectivity index (χ0v) is 26.1. The molecule has 1 aromatic heterocycles. The largest absolute Gasteiger partial charge is 0.309 e. The van der Waals surface area contributed by atoms with Crippen molar-refractivity contribution in [3.05, 3.63) is 163 Å². The minimum absolute atomic E-state index is 0.0856. The maximum atomic E-state index is 2.51. The highest BCUT2D eigenvalue weighted by atomic mass is 32.1. The second kappa shape index (κ2) is 9.92. The number of fused-ring (bicyclic) bond motifs is 7. The Morgan fingerprint density at radius 2 is 1.13 bits per heavy atom. The SMILES string of the molecule is CC1(C)c2ccccc2-c2c(N(c3ccc4ccccc4c3)c3ccccc3-c3cccc4sc5ccccc5c34)cccc21. The maximum absolute atomic E-state index is 2.51. The molecule has 0 fully saturated rings. The fourth-order valence-corrected chi connectivity index (χ4v) is 8.67. The first kappa shape index (κ1) is 26.2. The minimum Gasteiger partial charge on any atom is -0.309 e. The second-order valence-electron chi connectivity index (χ2n) is 12.5. The van der Waals surface area contributed by atoms with Crippen molar-refractivity contribution in [3.8, 4) is 22.3 Å². The van der Waals surface area contributed by atoms with Gasteiger partial charge in [0.2, 0.25) is 0 Å². The van der Waals surface area contributed by atoms with Gasteiger partial charge in [0.25, 0.3) is 0 Å². The number of anilines is 3. The van der Waals surface area contributed by atoms with Crippen LogP contribution in [0.3, 0.4) is 0 Å². The van der Waals surface area contributed by atoms with E-state index in [0.717, 1.165) is 5.69 Å². The predicted molar refractivity (Wildman–Crippen MR) is 195 cm³/mol. The Hall–Kier alpha value is -5.18. The molecule has 1 aliphatic carbocycles. The molecule has 0 radical (unpaired) electrons. The molecule has 1 heterocycles. The summed E-state index contributed by atoms with van der Waals surface area (Å²) in [4.78, 5) is 2.51. The number of para-hydroxylation sites is 1. The molecule has 45 heavy (non-hydrogen) atoms. The van der Waals surface area contributed by atoms with Crippen LogP contribution in [0.1, 0.15) is 25.0 Å². The summed E-state index contributed by atoms with van der Waals surface area (Å²) in [6, 6.07) is 55.9. The number of benzene rings is 7. The van der Waals surface area contributed by atoms with E-state index in [4.69, 9.17) is 0 Å². The number of nitrogens with zero attached hydrogens (tertiary/aromatic N) is 1. The normalized spacial score (nSPS) is 13.3. The first-order valence-electron chi connectivity index (χ1n) is 15.6. The summed E-state index contributed by atoms with van der Waals surface area (Å²) in [7, 11) is 0. The van der Waals surface area contributed by atoms with E-state index in [9.17, 15) is 0 Å². The van der Waals surface area contributed by atoms with Crippen LogP contribution < -0.4 is 4.90 Å². The molecular formula is C43H31NS. The lowest BCUT2D eigenvalue weighted by molar-refractivity contribution is 0.660. The molecule has 1 aliphatic rings. The average Bonchev–Trinajstić information content (AvgIpc) is 3.58. The Morgan fingerprint density at radius 1 is 0.489 bits per heavy atom. The smallest absolute Gasteiger partial charge is 0.0543 e. The van der Waals surface area contributed by atoms with E-state index < -0.39 is 0 Å². The van der Waals surface area contributed by atoms with Crippen LogP contribution >= 0.6 is 11.3 Å². The van der Waals surface area contributed by atoms with E-state index in [-0.39, 0.29) is 5.41 Å². The highest BCUT2D eigenvalue weighted by Gasteiger charge is 2.38. The van der Waals surface area contributed by atoms with Crippen molar-refractivity contribution in [1.29, 1.82) is 0 Å². The summed E-state index contributed by atoms with van der Waals surface area (Å²) in [5, 5.41) is 5.12. The molecule has 214 valence electrons. The van der Waals surface area contributed by atoms with Gasteiger partial charge in [0.05, 0.1) is 11.4 Å². The average molecular weight is 594 g/mol. The van der Waals surface area contributed by atoms with E-state index >= 15 is 0 Å². The maximum Gasteiger partial charge on any atom is 0.0543 e. The summed E-state index contributed by atoms with van der Waals surface area (Å²) in [5.41, 5.74) is 11.3. The molecule has 0 spiro atoms. The Labute approximate surface area is 267 Å². The van der Waals surface area contributed by atoms with Crippen molar-refractivity contribution in [2.75, 3.05) is 4.90 Å². The van der Waals surface area contributed by atoms with Crippen molar-refractivity contribution in [2.24, 2.45) is 0 Å². The monoisotopic (exact) mass is 593 g/mol. The third-order valence-corrected chi connectivity index (χ3v) is 10.8. The highest BCUT2D eigenvalue weighted by Crippen LogP contribution is 2.55. The van der Waals surface area contributed by atoms with Gasteiger partial charge in [0.1, 0.15) is 0 Å². The van der Waals surface area contributed by atoms with Crippen LogP contribution in [0.15, 0.2) is 152 Å². The van der Waals surface area contributed by atoms with Crippen LogP contribution in [0.2, 0.25) is 0 Å². The number of hydrogen-bond donors (Lipinski definition) is 0. The van der Waals surface area contributed by atoms with Crippen molar-refractivity contribution in [1.82, 2.24) is 0 Å². The summed E-state index contributed by atoms with van der Waals surface area (Å²) >= 11 is 1.87. The molecular weight excluding hydrogens is 563 g/mol. The number of thiophene rings is 1. The van der Waals surface area contributed by atoms with Gasteiger partial charge in [0.15, 0.2) is 0 Å². The van der Waals surface area contributed by atoms with Crippen LogP contribution in [0, 0.1) is 0 Å². The Kier molecular flexibility index (Phi) is 5.78. The van der Waals surface area contributed by atoms with Gasteiger partial charge in [-0.1, -0.05) is 129 Å². The van der Waals surface area contributed by atoms with Gasteiger partial charge in [-0.3, -0.25) is 0 Å². The van der Waals surface area contributed by atoms with Crippen LogP contribution in [-0.4, -0.2) is 0 Å². The molecule has 0 saturated heterocycles. The fraction of sp³-hybridized carbons (Fsp3) is 0.0698. The van der Waals surface area contributed by atoms with E-state index in [1.54, 1.807) is 0 Å². The summed E-state index contributed by atoms with van der Waals surface area (Å²) in [6.45, 7) is 4.72. The molecule has 9 rings (SSSR count). The van der Waals surface area contributed by atoms with E-state index in [2.05, 4.69) is 170 Å².